The predicted molar refractivity (Wildman–Crippen MR) is 151 cm³/mol. The van der Waals surface area contributed by atoms with Crippen molar-refractivity contribution in [3.05, 3.63) is 42.1 Å². The number of carbonyl (C=O) groups excluding carboxylic acids is 2. The van der Waals surface area contributed by atoms with Crippen molar-refractivity contribution in [1.29, 1.82) is 0 Å². The first-order valence-electron chi connectivity index (χ1n) is 15.1. The summed E-state index contributed by atoms with van der Waals surface area (Å²) in [7, 11) is 0. The van der Waals surface area contributed by atoms with Gasteiger partial charge in [-0.1, -0.05) is 63.1 Å². The topological polar surface area (TPSA) is 97.8 Å². The average Bonchev–Trinajstić information content (AvgIpc) is 3.74. The number of benzene rings is 1. The first-order chi connectivity index (χ1) is 19.0. The summed E-state index contributed by atoms with van der Waals surface area (Å²) >= 11 is 0. The van der Waals surface area contributed by atoms with Crippen molar-refractivity contribution in [2.75, 3.05) is 32.7 Å². The molecule has 210 valence electrons. The molecule has 3 N–H and O–H groups in total. The van der Waals surface area contributed by atoms with E-state index in [-0.39, 0.29) is 29.4 Å². The van der Waals surface area contributed by atoms with Gasteiger partial charge in [0.05, 0.1) is 17.6 Å². The van der Waals surface area contributed by atoms with Crippen LogP contribution in [0.4, 0.5) is 0 Å². The molecule has 1 spiro atoms. The molecule has 2 aromatic rings. The van der Waals surface area contributed by atoms with E-state index in [0.29, 0.717) is 45.6 Å². The van der Waals surface area contributed by atoms with Gasteiger partial charge in [0.15, 0.2) is 0 Å². The van der Waals surface area contributed by atoms with Gasteiger partial charge in [0.1, 0.15) is 5.60 Å². The highest BCUT2D eigenvalue weighted by molar-refractivity contribution is 5.88. The van der Waals surface area contributed by atoms with Crippen LogP contribution in [-0.4, -0.2) is 81.6 Å². The van der Waals surface area contributed by atoms with Crippen LogP contribution in [-0.2, 0) is 9.59 Å². The molecule has 0 bridgehead atoms. The number of aliphatic hydroxyl groups is 1. The van der Waals surface area contributed by atoms with Crippen LogP contribution in [0.15, 0.2) is 36.5 Å². The molecule has 8 heteroatoms. The van der Waals surface area contributed by atoms with E-state index in [0.717, 1.165) is 36.6 Å². The Morgan fingerprint density at radius 3 is 2.21 bits per heavy atom. The zero-order chi connectivity index (χ0) is 26.9. The summed E-state index contributed by atoms with van der Waals surface area (Å²) in [6.45, 7) is 2.58. The van der Waals surface area contributed by atoms with Gasteiger partial charge < -0.3 is 20.2 Å². The van der Waals surface area contributed by atoms with Crippen LogP contribution in [0.25, 0.3) is 10.9 Å². The van der Waals surface area contributed by atoms with Crippen LogP contribution in [0.1, 0.15) is 82.2 Å². The largest absolute Gasteiger partial charge is 0.380 e. The van der Waals surface area contributed by atoms with Crippen LogP contribution < -0.4 is 10.6 Å². The number of carbonyl (C=O) groups is 2. The molecule has 1 aromatic carbocycles. The van der Waals surface area contributed by atoms with E-state index in [2.05, 4.69) is 34.9 Å². The fourth-order valence-corrected chi connectivity index (χ4v) is 7.04. The zero-order valence-electron chi connectivity index (χ0n) is 23.0. The van der Waals surface area contributed by atoms with Crippen LogP contribution in [0.5, 0.6) is 0 Å². The van der Waals surface area contributed by atoms with Crippen LogP contribution in [0.3, 0.4) is 0 Å². The SMILES string of the molecule is O=C(C1CNC(c2cnc3ccccc3c2)C2(CCCCCCCCC2)N1)N1CCN(C(=O)C2(O)CC2)CC1. The minimum absolute atomic E-state index is 0.0897. The number of aromatic nitrogens is 1. The monoisotopic (exact) mass is 533 g/mol. The van der Waals surface area contributed by atoms with E-state index in [1.165, 1.54) is 37.7 Å². The number of pyridine rings is 1. The number of piperazine rings is 2. The average molecular weight is 534 g/mol. The summed E-state index contributed by atoms with van der Waals surface area (Å²) in [6, 6.07) is 10.3. The van der Waals surface area contributed by atoms with Crippen molar-refractivity contribution in [3.63, 3.8) is 0 Å². The molecule has 2 atom stereocenters. The standard InChI is InChI=1S/C31H43N5O3/c37-28(35-16-18-36(19-17-35)29(38)31(39)14-15-31)26-22-33-27(24-20-23-10-6-7-11-25(23)32-21-24)30(34-26)12-8-4-2-1-3-5-9-13-30/h6-7,10-11,20-21,26-27,33-34,39H,1-5,8-9,12-19,22H2. The number of para-hydroxylation sites is 1. The van der Waals surface area contributed by atoms with Gasteiger partial charge >= 0.3 is 0 Å². The Labute approximate surface area is 231 Å². The van der Waals surface area contributed by atoms with Crippen LogP contribution in [0.2, 0.25) is 0 Å². The van der Waals surface area contributed by atoms with E-state index in [1.807, 2.05) is 17.2 Å². The Bertz CT molecular complexity index is 1180. The van der Waals surface area contributed by atoms with Gasteiger partial charge in [-0.3, -0.25) is 19.9 Å². The van der Waals surface area contributed by atoms with E-state index in [1.54, 1.807) is 4.90 Å². The fraction of sp³-hybridized carbons (Fsp3) is 0.645. The maximum atomic E-state index is 13.8. The quantitative estimate of drug-likeness (QED) is 0.560. The Hall–Kier alpha value is -2.55. The lowest BCUT2D eigenvalue weighted by molar-refractivity contribution is -0.148. The van der Waals surface area contributed by atoms with Crippen molar-refractivity contribution < 1.29 is 14.7 Å². The molecule has 2 amide bonds. The maximum Gasteiger partial charge on any atom is 0.254 e. The summed E-state index contributed by atoms with van der Waals surface area (Å²) in [5.74, 6) is -0.0503. The smallest absolute Gasteiger partial charge is 0.254 e. The molecule has 2 saturated heterocycles. The number of nitrogens with zero attached hydrogens (tertiary/aromatic N) is 3. The number of hydrogen-bond acceptors (Lipinski definition) is 6. The summed E-state index contributed by atoms with van der Waals surface area (Å²) in [5.41, 5.74) is 0.835. The third kappa shape index (κ3) is 5.56. The minimum atomic E-state index is -1.14. The molecule has 8 nitrogen and oxygen atoms in total. The molecule has 2 unspecified atom stereocenters. The van der Waals surface area contributed by atoms with Gasteiger partial charge in [-0.05, 0) is 43.4 Å². The molecule has 0 radical (unpaired) electrons. The second-order valence-electron chi connectivity index (χ2n) is 12.3. The van der Waals surface area contributed by atoms with Gasteiger partial charge in [-0.15, -0.1) is 0 Å². The molecule has 2 aliphatic carbocycles. The Morgan fingerprint density at radius 1 is 0.872 bits per heavy atom. The Kier molecular flexibility index (Phi) is 7.62. The lowest BCUT2D eigenvalue weighted by Crippen LogP contribution is -2.69. The first kappa shape index (κ1) is 26.7. The lowest BCUT2D eigenvalue weighted by Gasteiger charge is -2.50. The fourth-order valence-electron chi connectivity index (χ4n) is 7.04. The van der Waals surface area contributed by atoms with Gasteiger partial charge in [0, 0.05) is 49.8 Å². The number of nitrogens with one attached hydrogen (secondary N) is 2. The molecule has 2 aliphatic heterocycles. The molecular formula is C31H43N5O3. The van der Waals surface area contributed by atoms with Gasteiger partial charge in [0.25, 0.3) is 5.91 Å². The molecule has 1 aromatic heterocycles. The second-order valence-corrected chi connectivity index (χ2v) is 12.3. The van der Waals surface area contributed by atoms with Gasteiger partial charge in [-0.25, -0.2) is 0 Å². The van der Waals surface area contributed by atoms with Crippen LogP contribution >= 0.6 is 0 Å². The number of hydrogen-bond donors (Lipinski definition) is 3. The van der Waals surface area contributed by atoms with E-state index in [4.69, 9.17) is 4.98 Å². The summed E-state index contributed by atoms with van der Waals surface area (Å²) in [5, 5.41) is 19.1. The second kappa shape index (κ2) is 11.1. The molecule has 6 rings (SSSR count). The number of rotatable bonds is 3. The molecule has 4 fully saturated rings. The van der Waals surface area contributed by atoms with E-state index in [9.17, 15) is 14.7 Å². The minimum Gasteiger partial charge on any atom is -0.380 e. The molecule has 2 saturated carbocycles. The summed E-state index contributed by atoms with van der Waals surface area (Å²) in [4.78, 5) is 34.8. The third-order valence-electron chi connectivity index (χ3n) is 9.53. The summed E-state index contributed by atoms with van der Waals surface area (Å²) in [6.07, 6.45) is 13.8. The number of fused-ring (bicyclic) bond motifs is 1. The predicted octanol–water partition coefficient (Wildman–Crippen LogP) is 3.30. The van der Waals surface area contributed by atoms with E-state index < -0.39 is 5.60 Å². The highest BCUT2D eigenvalue weighted by Gasteiger charge is 2.51. The lowest BCUT2D eigenvalue weighted by atomic mass is 9.74. The first-order valence-corrected chi connectivity index (χ1v) is 15.1. The molecule has 39 heavy (non-hydrogen) atoms. The molecule has 3 heterocycles. The Morgan fingerprint density at radius 2 is 1.51 bits per heavy atom. The highest BCUT2D eigenvalue weighted by atomic mass is 16.3. The van der Waals surface area contributed by atoms with E-state index >= 15 is 0 Å². The highest BCUT2D eigenvalue weighted by Crippen LogP contribution is 2.40. The molecular weight excluding hydrogens is 490 g/mol. The van der Waals surface area contributed by atoms with Crippen molar-refractivity contribution in [1.82, 2.24) is 25.4 Å². The van der Waals surface area contributed by atoms with Crippen molar-refractivity contribution >= 4 is 22.7 Å². The van der Waals surface area contributed by atoms with Gasteiger partial charge in [-0.2, -0.15) is 0 Å². The van der Waals surface area contributed by atoms with Crippen molar-refractivity contribution in [3.8, 4) is 0 Å². The Balaban J connectivity index is 1.21. The number of amides is 2. The van der Waals surface area contributed by atoms with Crippen molar-refractivity contribution in [2.45, 2.75) is 93.9 Å². The third-order valence-corrected chi connectivity index (χ3v) is 9.53. The van der Waals surface area contributed by atoms with Gasteiger partial charge in [0.2, 0.25) is 5.91 Å². The summed E-state index contributed by atoms with van der Waals surface area (Å²) < 4.78 is 0. The zero-order valence-corrected chi connectivity index (χ0v) is 23.0. The molecule has 4 aliphatic rings. The van der Waals surface area contributed by atoms with Crippen LogP contribution in [0, 0.1) is 0 Å². The van der Waals surface area contributed by atoms with Crippen molar-refractivity contribution in [2.24, 2.45) is 0 Å². The maximum absolute atomic E-state index is 13.8. The normalized spacial score (nSPS) is 27.3.